The summed E-state index contributed by atoms with van der Waals surface area (Å²) in [5, 5.41) is 12.8. The van der Waals surface area contributed by atoms with Crippen molar-refractivity contribution in [1.82, 2.24) is 20.1 Å². The highest BCUT2D eigenvalue weighted by molar-refractivity contribution is 7.99. The molecule has 2 aliphatic carbocycles. The number of aromatic nitrogens is 3. The molecule has 2 bridgehead atoms. The first-order valence-corrected chi connectivity index (χ1v) is 11.3. The van der Waals surface area contributed by atoms with Gasteiger partial charge in [0.15, 0.2) is 11.0 Å². The Morgan fingerprint density at radius 1 is 1.25 bits per heavy atom. The van der Waals surface area contributed by atoms with Gasteiger partial charge in [0.1, 0.15) is 5.75 Å². The van der Waals surface area contributed by atoms with E-state index in [9.17, 15) is 4.79 Å². The second kappa shape index (κ2) is 8.55. The molecule has 2 aliphatic rings. The van der Waals surface area contributed by atoms with Crippen LogP contribution in [0, 0.1) is 11.8 Å². The van der Waals surface area contributed by atoms with E-state index in [1.807, 2.05) is 35.8 Å². The standard InChI is InChI=1S/C21H28N4O2S/c1-3-25-20(16-7-5-6-8-18(16)27-4-2)23-24-21(25)28-13-19(26)22-17-12-14-9-10-15(17)11-14/h5-8,14-15,17H,3-4,9-13H2,1-2H3,(H,22,26)/t14-,15-,17-/m0/s1. The highest BCUT2D eigenvalue weighted by atomic mass is 32.2. The van der Waals surface area contributed by atoms with E-state index >= 15 is 0 Å². The van der Waals surface area contributed by atoms with E-state index < -0.39 is 0 Å². The number of hydrogen-bond acceptors (Lipinski definition) is 5. The Labute approximate surface area is 170 Å². The number of fused-ring (bicyclic) bond motifs is 2. The summed E-state index contributed by atoms with van der Waals surface area (Å²) in [6.45, 7) is 5.37. The van der Waals surface area contributed by atoms with Crippen LogP contribution in [0.4, 0.5) is 0 Å². The molecule has 150 valence electrons. The lowest BCUT2D eigenvalue weighted by Gasteiger charge is -2.22. The number of nitrogens with zero attached hydrogens (tertiary/aromatic N) is 3. The number of thioether (sulfide) groups is 1. The first-order valence-electron chi connectivity index (χ1n) is 10.3. The van der Waals surface area contributed by atoms with E-state index in [1.54, 1.807) is 0 Å². The molecule has 1 aromatic heterocycles. The Balaban J connectivity index is 1.42. The number of para-hydroxylation sites is 1. The number of carbonyl (C=O) groups is 1. The second-order valence-electron chi connectivity index (χ2n) is 7.62. The third kappa shape index (κ3) is 3.90. The smallest absolute Gasteiger partial charge is 0.230 e. The number of hydrogen-bond donors (Lipinski definition) is 1. The largest absolute Gasteiger partial charge is 0.493 e. The van der Waals surface area contributed by atoms with Gasteiger partial charge in [-0.05, 0) is 57.1 Å². The maximum absolute atomic E-state index is 12.5. The molecule has 6 nitrogen and oxygen atoms in total. The van der Waals surface area contributed by atoms with Crippen LogP contribution in [0.1, 0.15) is 39.5 Å². The summed E-state index contributed by atoms with van der Waals surface area (Å²) in [5.41, 5.74) is 0.928. The zero-order chi connectivity index (χ0) is 19.5. The molecule has 1 heterocycles. The fourth-order valence-electron chi connectivity index (χ4n) is 4.61. The fourth-order valence-corrected chi connectivity index (χ4v) is 5.43. The van der Waals surface area contributed by atoms with Gasteiger partial charge in [-0.1, -0.05) is 30.3 Å². The molecular weight excluding hydrogens is 372 g/mol. The van der Waals surface area contributed by atoms with Crippen molar-refractivity contribution in [2.75, 3.05) is 12.4 Å². The predicted molar refractivity (Wildman–Crippen MR) is 110 cm³/mol. The van der Waals surface area contributed by atoms with Gasteiger partial charge in [-0.15, -0.1) is 10.2 Å². The van der Waals surface area contributed by atoms with Gasteiger partial charge >= 0.3 is 0 Å². The number of carbonyl (C=O) groups excluding carboxylic acids is 1. The monoisotopic (exact) mass is 400 g/mol. The Morgan fingerprint density at radius 3 is 2.82 bits per heavy atom. The van der Waals surface area contributed by atoms with Gasteiger partial charge in [-0.3, -0.25) is 4.79 Å². The molecule has 0 radical (unpaired) electrons. The molecule has 2 aromatic rings. The van der Waals surface area contributed by atoms with Gasteiger partial charge in [-0.25, -0.2) is 0 Å². The highest BCUT2D eigenvalue weighted by Crippen LogP contribution is 2.44. The van der Waals surface area contributed by atoms with Crippen molar-refractivity contribution in [1.29, 1.82) is 0 Å². The van der Waals surface area contributed by atoms with Crippen molar-refractivity contribution >= 4 is 17.7 Å². The van der Waals surface area contributed by atoms with E-state index in [0.29, 0.717) is 24.3 Å². The van der Waals surface area contributed by atoms with Crippen LogP contribution in [0.25, 0.3) is 11.4 Å². The lowest BCUT2D eigenvalue weighted by atomic mass is 9.95. The summed E-state index contributed by atoms with van der Waals surface area (Å²) in [5.74, 6) is 3.59. The molecule has 2 saturated carbocycles. The first kappa shape index (κ1) is 19.3. The minimum atomic E-state index is 0.101. The summed E-state index contributed by atoms with van der Waals surface area (Å²) < 4.78 is 7.79. The SMILES string of the molecule is CCOc1ccccc1-c1nnc(SCC(=O)N[C@H]2C[C@H]3CC[C@H]2C3)n1CC. The third-order valence-electron chi connectivity index (χ3n) is 5.88. The van der Waals surface area contributed by atoms with Crippen LogP contribution in [0.15, 0.2) is 29.4 Å². The van der Waals surface area contributed by atoms with Gasteiger partial charge in [-0.2, -0.15) is 0 Å². The minimum Gasteiger partial charge on any atom is -0.493 e. The maximum atomic E-state index is 12.5. The van der Waals surface area contributed by atoms with Crippen molar-refractivity contribution in [3.05, 3.63) is 24.3 Å². The lowest BCUT2D eigenvalue weighted by Crippen LogP contribution is -2.39. The highest BCUT2D eigenvalue weighted by Gasteiger charge is 2.40. The summed E-state index contributed by atoms with van der Waals surface area (Å²) in [4.78, 5) is 12.5. The number of nitrogens with one attached hydrogen (secondary N) is 1. The Kier molecular flexibility index (Phi) is 5.90. The average Bonchev–Trinajstić information content (AvgIpc) is 3.42. The van der Waals surface area contributed by atoms with Crippen molar-refractivity contribution < 1.29 is 9.53 Å². The van der Waals surface area contributed by atoms with Crippen LogP contribution < -0.4 is 10.1 Å². The summed E-state index contributed by atoms with van der Waals surface area (Å²) >= 11 is 1.45. The van der Waals surface area contributed by atoms with Crippen molar-refractivity contribution in [3.8, 4) is 17.1 Å². The van der Waals surface area contributed by atoms with Crippen LogP contribution in [-0.4, -0.2) is 39.1 Å². The van der Waals surface area contributed by atoms with Crippen molar-refractivity contribution in [2.45, 2.75) is 57.3 Å². The molecule has 0 unspecified atom stereocenters. The molecule has 0 aliphatic heterocycles. The first-order chi connectivity index (χ1) is 13.7. The van der Waals surface area contributed by atoms with E-state index in [-0.39, 0.29) is 5.91 Å². The Bertz CT molecular complexity index is 838. The number of benzene rings is 1. The van der Waals surface area contributed by atoms with Crippen LogP contribution in [-0.2, 0) is 11.3 Å². The minimum absolute atomic E-state index is 0.101. The molecule has 28 heavy (non-hydrogen) atoms. The molecule has 2 fully saturated rings. The van der Waals surface area contributed by atoms with E-state index in [4.69, 9.17) is 4.74 Å². The third-order valence-corrected chi connectivity index (χ3v) is 6.84. The predicted octanol–water partition coefficient (Wildman–Crippen LogP) is 3.76. The van der Waals surface area contributed by atoms with E-state index in [1.165, 1.54) is 31.0 Å². The fraction of sp³-hybridized carbons (Fsp3) is 0.571. The van der Waals surface area contributed by atoms with Crippen LogP contribution in [0.5, 0.6) is 5.75 Å². The Hall–Kier alpha value is -2.02. The average molecular weight is 401 g/mol. The lowest BCUT2D eigenvalue weighted by molar-refractivity contribution is -0.119. The maximum Gasteiger partial charge on any atom is 0.230 e. The molecule has 3 atom stereocenters. The molecule has 1 N–H and O–H groups in total. The topological polar surface area (TPSA) is 69.0 Å². The van der Waals surface area contributed by atoms with Gasteiger partial charge < -0.3 is 14.6 Å². The summed E-state index contributed by atoms with van der Waals surface area (Å²) in [7, 11) is 0. The molecule has 7 heteroatoms. The van der Waals surface area contributed by atoms with Crippen molar-refractivity contribution in [3.63, 3.8) is 0 Å². The van der Waals surface area contributed by atoms with Gasteiger partial charge in [0, 0.05) is 12.6 Å². The van der Waals surface area contributed by atoms with Gasteiger partial charge in [0.05, 0.1) is 17.9 Å². The van der Waals surface area contributed by atoms with Crippen molar-refractivity contribution in [2.24, 2.45) is 11.8 Å². The second-order valence-corrected chi connectivity index (χ2v) is 8.56. The van der Waals surface area contributed by atoms with E-state index in [2.05, 4.69) is 22.4 Å². The number of rotatable bonds is 8. The van der Waals surface area contributed by atoms with Crippen LogP contribution in [0.3, 0.4) is 0 Å². The van der Waals surface area contributed by atoms with Gasteiger partial charge in [0.2, 0.25) is 5.91 Å². The molecule has 0 spiro atoms. The van der Waals surface area contributed by atoms with E-state index in [0.717, 1.165) is 41.2 Å². The number of amides is 1. The molecule has 1 amide bonds. The molecule has 4 rings (SSSR count). The molecule has 0 saturated heterocycles. The summed E-state index contributed by atoms with van der Waals surface area (Å²) in [6.07, 6.45) is 5.07. The summed E-state index contributed by atoms with van der Waals surface area (Å²) in [6, 6.07) is 8.25. The van der Waals surface area contributed by atoms with Gasteiger partial charge in [0.25, 0.3) is 0 Å². The zero-order valence-electron chi connectivity index (χ0n) is 16.6. The molecular formula is C21H28N4O2S. The zero-order valence-corrected chi connectivity index (χ0v) is 17.4. The quantitative estimate of drug-likeness (QED) is 0.683. The van der Waals surface area contributed by atoms with Crippen LogP contribution in [0.2, 0.25) is 0 Å². The number of ether oxygens (including phenoxy) is 1. The molecule has 1 aromatic carbocycles. The van der Waals surface area contributed by atoms with Crippen LogP contribution >= 0.6 is 11.8 Å². The Morgan fingerprint density at radius 2 is 2.11 bits per heavy atom. The normalized spacial score (nSPS) is 23.1.